The molecule has 0 bridgehead atoms. The van der Waals surface area contributed by atoms with Crippen LogP contribution in [0.15, 0.2) is 12.1 Å². The van der Waals surface area contributed by atoms with Crippen molar-refractivity contribution in [2.24, 2.45) is 0 Å². The number of hydrogen-bond acceptors (Lipinski definition) is 3. The number of carbonyl (C=O) groups excluding carboxylic acids is 1. The summed E-state index contributed by atoms with van der Waals surface area (Å²) >= 11 is 0. The van der Waals surface area contributed by atoms with Crippen LogP contribution in [0.1, 0.15) is 11.1 Å². The van der Waals surface area contributed by atoms with E-state index < -0.39 is 53.4 Å². The highest BCUT2D eigenvalue weighted by Crippen LogP contribution is 2.41. The molecule has 0 fully saturated rings. The number of carboxylic acid groups (broad SMARTS) is 1. The maximum absolute atomic E-state index is 12.7. The lowest BCUT2D eigenvalue weighted by atomic mass is 10.1. The Morgan fingerprint density at radius 3 is 2.09 bits per heavy atom. The van der Waals surface area contributed by atoms with Gasteiger partial charge >= 0.3 is 18.4 Å². The first-order valence-electron chi connectivity index (χ1n) is 5.67. The van der Waals surface area contributed by atoms with Crippen LogP contribution in [0.4, 0.5) is 42.5 Å². The fourth-order valence-electron chi connectivity index (χ4n) is 1.51. The topological polar surface area (TPSA) is 104 Å². The third-order valence-corrected chi connectivity index (χ3v) is 2.49. The van der Waals surface area contributed by atoms with E-state index in [9.17, 15) is 35.9 Å². The monoisotopic (exact) mass is 345 g/mol. The molecule has 1 rings (SSSR count). The Kier molecular flexibility index (Phi) is 4.97. The Hall–Kier alpha value is -2.66. The van der Waals surface area contributed by atoms with E-state index in [1.807, 2.05) is 0 Å². The molecule has 0 radical (unpaired) electrons. The molecule has 0 aromatic heterocycles. The van der Waals surface area contributed by atoms with E-state index in [1.54, 1.807) is 10.6 Å². The minimum absolute atomic E-state index is 0.180. The third kappa shape index (κ3) is 4.93. The highest BCUT2D eigenvalue weighted by atomic mass is 19.4. The Bertz CT molecular complexity index is 627. The van der Waals surface area contributed by atoms with Crippen LogP contribution >= 0.6 is 0 Å². The number of anilines is 2. The van der Waals surface area contributed by atoms with Crippen molar-refractivity contribution in [3.8, 4) is 0 Å². The van der Waals surface area contributed by atoms with Crippen molar-refractivity contribution < 1.29 is 41.0 Å². The van der Waals surface area contributed by atoms with Crippen molar-refractivity contribution in [2.75, 3.05) is 17.6 Å². The molecule has 0 aliphatic heterocycles. The minimum atomic E-state index is -5.18. The number of carbonyl (C=O) groups is 2. The first-order valence-corrected chi connectivity index (χ1v) is 5.67. The molecule has 0 unspecified atom stereocenters. The summed E-state index contributed by atoms with van der Waals surface area (Å²) in [4.78, 5) is 21.5. The smallest absolute Gasteiger partial charge is 0.418 e. The van der Waals surface area contributed by atoms with E-state index in [-0.39, 0.29) is 12.1 Å². The van der Waals surface area contributed by atoms with Gasteiger partial charge in [-0.1, -0.05) is 0 Å². The van der Waals surface area contributed by atoms with Crippen molar-refractivity contribution in [1.29, 1.82) is 0 Å². The Labute approximate surface area is 124 Å². The molecule has 0 atom stereocenters. The second-order valence-electron chi connectivity index (χ2n) is 4.19. The SMILES string of the molecule is Nc1c(NC(=O)CNC(=O)O)cc(C(F)(F)F)cc1C(F)(F)F. The summed E-state index contributed by atoms with van der Waals surface area (Å²) in [5.41, 5.74) is -0.332. The summed E-state index contributed by atoms with van der Waals surface area (Å²) in [6, 6.07) is 0.0454. The Morgan fingerprint density at radius 2 is 1.65 bits per heavy atom. The van der Waals surface area contributed by atoms with Crippen molar-refractivity contribution in [1.82, 2.24) is 5.32 Å². The molecule has 0 heterocycles. The van der Waals surface area contributed by atoms with Crippen LogP contribution in [-0.2, 0) is 17.1 Å². The van der Waals surface area contributed by atoms with Gasteiger partial charge in [0.05, 0.1) is 22.5 Å². The predicted molar refractivity (Wildman–Crippen MR) is 65.5 cm³/mol. The molecule has 5 N–H and O–H groups in total. The molecular weight excluding hydrogens is 336 g/mol. The lowest BCUT2D eigenvalue weighted by Crippen LogP contribution is -2.32. The molecule has 12 heteroatoms. The number of rotatable bonds is 3. The lowest BCUT2D eigenvalue weighted by Gasteiger charge is -2.18. The second kappa shape index (κ2) is 6.22. The Balaban J connectivity index is 3.25. The van der Waals surface area contributed by atoms with Gasteiger partial charge in [0.1, 0.15) is 6.54 Å². The van der Waals surface area contributed by atoms with Gasteiger partial charge in [-0.2, -0.15) is 26.3 Å². The zero-order valence-electron chi connectivity index (χ0n) is 11.0. The van der Waals surface area contributed by atoms with Gasteiger partial charge < -0.3 is 21.5 Å². The molecule has 23 heavy (non-hydrogen) atoms. The van der Waals surface area contributed by atoms with Crippen molar-refractivity contribution >= 4 is 23.4 Å². The van der Waals surface area contributed by atoms with Crippen LogP contribution < -0.4 is 16.4 Å². The van der Waals surface area contributed by atoms with Crippen LogP contribution in [-0.4, -0.2) is 23.7 Å². The highest BCUT2D eigenvalue weighted by Gasteiger charge is 2.39. The number of nitrogen functional groups attached to an aromatic ring is 1. The van der Waals surface area contributed by atoms with Crippen molar-refractivity contribution in [3.05, 3.63) is 23.3 Å². The normalized spacial score (nSPS) is 11.9. The number of nitrogens with two attached hydrogens (primary N) is 1. The number of alkyl halides is 6. The van der Waals surface area contributed by atoms with Crippen molar-refractivity contribution in [2.45, 2.75) is 12.4 Å². The summed E-state index contributed by atoms with van der Waals surface area (Å²) in [6.07, 6.45) is -11.9. The van der Waals surface area contributed by atoms with E-state index >= 15 is 0 Å². The molecule has 1 aromatic rings. The second-order valence-corrected chi connectivity index (χ2v) is 4.19. The van der Waals surface area contributed by atoms with Crippen LogP contribution in [0.5, 0.6) is 0 Å². The van der Waals surface area contributed by atoms with Crippen molar-refractivity contribution in [3.63, 3.8) is 0 Å². The van der Waals surface area contributed by atoms with Gasteiger partial charge in [-0.05, 0) is 12.1 Å². The summed E-state index contributed by atoms with van der Waals surface area (Å²) in [5, 5.41) is 11.6. The van der Waals surface area contributed by atoms with Crippen LogP contribution in [0, 0.1) is 0 Å². The van der Waals surface area contributed by atoms with Crippen LogP contribution in [0.2, 0.25) is 0 Å². The van der Waals surface area contributed by atoms with E-state index in [1.165, 1.54) is 0 Å². The van der Waals surface area contributed by atoms with E-state index in [2.05, 4.69) is 0 Å². The van der Waals surface area contributed by atoms with Gasteiger partial charge in [0.2, 0.25) is 5.91 Å². The number of amides is 2. The summed E-state index contributed by atoms with van der Waals surface area (Å²) in [5.74, 6) is -1.19. The number of halogens is 6. The van der Waals surface area contributed by atoms with Crippen LogP contribution in [0.25, 0.3) is 0 Å². The average molecular weight is 345 g/mol. The van der Waals surface area contributed by atoms with Gasteiger partial charge in [-0.3, -0.25) is 4.79 Å². The molecule has 0 aliphatic rings. The predicted octanol–water partition coefficient (Wildman–Crippen LogP) is 2.51. The summed E-state index contributed by atoms with van der Waals surface area (Å²) in [7, 11) is 0. The fourth-order valence-corrected chi connectivity index (χ4v) is 1.51. The molecule has 0 saturated carbocycles. The molecule has 0 spiro atoms. The summed E-state index contributed by atoms with van der Waals surface area (Å²) in [6.45, 7) is -0.883. The van der Waals surface area contributed by atoms with Crippen LogP contribution in [0.3, 0.4) is 0 Å². The van der Waals surface area contributed by atoms with E-state index in [0.717, 1.165) is 0 Å². The van der Waals surface area contributed by atoms with Gasteiger partial charge in [0.25, 0.3) is 0 Å². The highest BCUT2D eigenvalue weighted by molar-refractivity contribution is 5.97. The first kappa shape index (κ1) is 18.4. The molecule has 6 nitrogen and oxygen atoms in total. The molecular formula is C11H9F6N3O3. The number of hydrogen-bond donors (Lipinski definition) is 4. The zero-order chi connectivity index (χ0) is 18.0. The maximum Gasteiger partial charge on any atom is 0.418 e. The standard InChI is InChI=1S/C11H9F6N3O3/c12-10(13,14)4-1-5(11(15,16)17)8(18)6(2-4)20-7(21)3-19-9(22)23/h1-2,19H,3,18H2,(H,20,21)(H,22,23). The van der Waals surface area contributed by atoms with Gasteiger partial charge in [0, 0.05) is 0 Å². The fraction of sp³-hybridized carbons (Fsp3) is 0.273. The summed E-state index contributed by atoms with van der Waals surface area (Å²) < 4.78 is 76.2. The molecule has 128 valence electrons. The first-order chi connectivity index (χ1) is 10.3. The number of benzene rings is 1. The van der Waals surface area contributed by atoms with E-state index in [4.69, 9.17) is 10.8 Å². The zero-order valence-corrected chi connectivity index (χ0v) is 11.0. The lowest BCUT2D eigenvalue weighted by molar-refractivity contribution is -0.142. The van der Waals surface area contributed by atoms with Gasteiger partial charge in [0.15, 0.2) is 0 Å². The maximum atomic E-state index is 12.7. The minimum Gasteiger partial charge on any atom is -0.465 e. The quantitative estimate of drug-likeness (QED) is 0.499. The molecule has 0 aliphatic carbocycles. The number of nitrogens with one attached hydrogen (secondary N) is 2. The molecule has 1 aromatic carbocycles. The third-order valence-electron chi connectivity index (χ3n) is 2.49. The molecule has 2 amide bonds. The van der Waals surface area contributed by atoms with E-state index in [0.29, 0.717) is 0 Å². The largest absolute Gasteiger partial charge is 0.465 e. The van der Waals surface area contributed by atoms with Gasteiger partial charge in [-0.15, -0.1) is 0 Å². The Morgan fingerprint density at radius 1 is 1.09 bits per heavy atom. The van der Waals surface area contributed by atoms with Gasteiger partial charge in [-0.25, -0.2) is 4.79 Å². The molecule has 0 saturated heterocycles. The average Bonchev–Trinajstić information content (AvgIpc) is 2.36.